The number of hydrogen-bond donors (Lipinski definition) is 0. The number of halogens is 1. The molecule has 0 spiro atoms. The van der Waals surface area contributed by atoms with Gasteiger partial charge >= 0.3 is 0 Å². The summed E-state index contributed by atoms with van der Waals surface area (Å²) >= 11 is 7.68. The number of ether oxygens (including phenoxy) is 2. The molecule has 0 bridgehead atoms. The van der Waals surface area contributed by atoms with Crippen LogP contribution in [0.5, 0.6) is 11.5 Å². The van der Waals surface area contributed by atoms with Gasteiger partial charge < -0.3 is 14.0 Å². The van der Waals surface area contributed by atoms with Gasteiger partial charge in [0.2, 0.25) is 0 Å². The van der Waals surface area contributed by atoms with E-state index >= 15 is 0 Å². The summed E-state index contributed by atoms with van der Waals surface area (Å²) in [6, 6.07) is 11.0. The quantitative estimate of drug-likeness (QED) is 0.303. The second-order valence-corrected chi connectivity index (χ2v) is 8.90. The van der Waals surface area contributed by atoms with Crippen molar-refractivity contribution in [2.75, 3.05) is 24.7 Å². The maximum absolute atomic E-state index is 13.2. The first-order chi connectivity index (χ1) is 16.0. The highest BCUT2D eigenvalue weighted by Crippen LogP contribution is 2.33. The zero-order valence-electron chi connectivity index (χ0n) is 18.5. The molecule has 2 aromatic heterocycles. The Labute approximate surface area is 201 Å². The maximum atomic E-state index is 13.2. The van der Waals surface area contributed by atoms with E-state index < -0.39 is 0 Å². The molecular weight excluding hydrogens is 460 g/mol. The number of imidazole rings is 1. The summed E-state index contributed by atoms with van der Waals surface area (Å²) in [5.41, 5.74) is 1.84. The van der Waals surface area contributed by atoms with Crippen molar-refractivity contribution in [1.82, 2.24) is 14.5 Å². The van der Waals surface area contributed by atoms with Crippen LogP contribution in [0.1, 0.15) is 18.9 Å². The number of hydrogen-bond acceptors (Lipinski definition) is 6. The lowest BCUT2D eigenvalue weighted by molar-refractivity contribution is -0.120. The minimum atomic E-state index is -0.155. The van der Waals surface area contributed by atoms with Gasteiger partial charge in [-0.3, -0.25) is 9.69 Å². The van der Waals surface area contributed by atoms with Crippen molar-refractivity contribution in [3.63, 3.8) is 0 Å². The molecule has 0 atom stereocenters. The molecular formula is C24H25ClN4O3S. The molecule has 33 heavy (non-hydrogen) atoms. The average molecular weight is 485 g/mol. The molecule has 0 radical (unpaired) electrons. The van der Waals surface area contributed by atoms with Crippen LogP contribution in [0, 0.1) is 6.92 Å². The normalized spacial score (nSPS) is 11.0. The third-order valence-electron chi connectivity index (χ3n) is 5.03. The third kappa shape index (κ3) is 5.83. The van der Waals surface area contributed by atoms with Gasteiger partial charge in [-0.15, -0.1) is 0 Å². The molecule has 2 heterocycles. The van der Waals surface area contributed by atoms with E-state index in [1.165, 1.54) is 11.3 Å². The Morgan fingerprint density at radius 1 is 1.18 bits per heavy atom. The number of benzene rings is 2. The van der Waals surface area contributed by atoms with Crippen LogP contribution < -0.4 is 14.4 Å². The first-order valence-corrected chi connectivity index (χ1v) is 11.9. The Kier molecular flexibility index (Phi) is 7.47. The van der Waals surface area contributed by atoms with Crippen molar-refractivity contribution in [2.24, 2.45) is 0 Å². The van der Waals surface area contributed by atoms with Crippen molar-refractivity contribution < 1.29 is 14.3 Å². The molecule has 0 saturated carbocycles. The summed E-state index contributed by atoms with van der Waals surface area (Å²) in [5.74, 6) is 1.22. The first-order valence-electron chi connectivity index (χ1n) is 10.7. The molecule has 2 aromatic carbocycles. The molecule has 4 aromatic rings. The highest BCUT2D eigenvalue weighted by Gasteiger charge is 2.21. The van der Waals surface area contributed by atoms with Crippen LogP contribution in [-0.4, -0.2) is 40.2 Å². The summed E-state index contributed by atoms with van der Waals surface area (Å²) in [7, 11) is 0. The second kappa shape index (κ2) is 10.7. The SMILES string of the molecule is CCOc1ccc(OCC(=O)N(CCCn2ccnc2)c2nc3c(C)cc(Cl)cc3s2)cc1. The highest BCUT2D eigenvalue weighted by molar-refractivity contribution is 7.22. The minimum Gasteiger partial charge on any atom is -0.494 e. The molecule has 172 valence electrons. The standard InChI is InChI=1S/C24H25ClN4O3S/c1-3-31-19-5-7-20(8-6-19)32-15-22(30)29(11-4-10-28-12-9-26-16-28)24-27-23-17(2)13-18(25)14-21(23)33-24/h5-9,12-14,16H,3-4,10-11,15H2,1-2H3. The fraction of sp³-hybridized carbons (Fsp3) is 0.292. The van der Waals surface area contributed by atoms with Gasteiger partial charge in [-0.25, -0.2) is 9.97 Å². The van der Waals surface area contributed by atoms with E-state index in [4.69, 9.17) is 26.1 Å². The van der Waals surface area contributed by atoms with Gasteiger partial charge in [-0.2, -0.15) is 0 Å². The Morgan fingerprint density at radius 3 is 2.64 bits per heavy atom. The molecule has 4 rings (SSSR count). The summed E-state index contributed by atoms with van der Waals surface area (Å²) in [6.07, 6.45) is 6.17. The van der Waals surface area contributed by atoms with Crippen LogP contribution in [0.25, 0.3) is 10.2 Å². The van der Waals surface area contributed by atoms with E-state index in [9.17, 15) is 4.79 Å². The van der Waals surface area contributed by atoms with Gasteiger partial charge in [0, 0.05) is 30.5 Å². The van der Waals surface area contributed by atoms with Gasteiger partial charge in [0.25, 0.3) is 5.91 Å². The van der Waals surface area contributed by atoms with E-state index in [1.54, 1.807) is 29.6 Å². The Morgan fingerprint density at radius 2 is 1.94 bits per heavy atom. The zero-order valence-corrected chi connectivity index (χ0v) is 20.1. The number of amides is 1. The third-order valence-corrected chi connectivity index (χ3v) is 6.27. The van der Waals surface area contributed by atoms with Crippen LogP contribution in [0.3, 0.4) is 0 Å². The van der Waals surface area contributed by atoms with E-state index in [2.05, 4.69) is 4.98 Å². The lowest BCUT2D eigenvalue weighted by Gasteiger charge is -2.20. The number of carbonyl (C=O) groups excluding carboxylic acids is 1. The molecule has 0 aliphatic rings. The molecule has 1 amide bonds. The Hall–Kier alpha value is -3.10. The zero-order chi connectivity index (χ0) is 23.2. The molecule has 0 aliphatic heterocycles. The van der Waals surface area contributed by atoms with Gasteiger partial charge in [0.1, 0.15) is 11.5 Å². The first kappa shape index (κ1) is 23.1. The minimum absolute atomic E-state index is 0.0886. The van der Waals surface area contributed by atoms with Gasteiger partial charge in [-0.05, 0) is 62.2 Å². The molecule has 9 heteroatoms. The summed E-state index contributed by atoms with van der Waals surface area (Å²) < 4.78 is 14.2. The van der Waals surface area contributed by atoms with E-state index in [0.29, 0.717) is 29.1 Å². The predicted molar refractivity (Wildman–Crippen MR) is 132 cm³/mol. The second-order valence-electron chi connectivity index (χ2n) is 7.46. The largest absolute Gasteiger partial charge is 0.494 e. The van der Waals surface area contributed by atoms with Crippen LogP contribution in [0.2, 0.25) is 5.02 Å². The van der Waals surface area contributed by atoms with Crippen molar-refractivity contribution in [3.05, 3.63) is 65.7 Å². The van der Waals surface area contributed by atoms with Crippen molar-refractivity contribution in [2.45, 2.75) is 26.8 Å². The van der Waals surface area contributed by atoms with Gasteiger partial charge in [-0.1, -0.05) is 22.9 Å². The number of fused-ring (bicyclic) bond motifs is 1. The summed E-state index contributed by atoms with van der Waals surface area (Å²) in [4.78, 5) is 23.7. The molecule has 0 unspecified atom stereocenters. The lowest BCUT2D eigenvalue weighted by Crippen LogP contribution is -2.36. The summed E-state index contributed by atoms with van der Waals surface area (Å²) in [6.45, 7) is 5.67. The summed E-state index contributed by atoms with van der Waals surface area (Å²) in [5, 5.41) is 1.30. The fourth-order valence-electron chi connectivity index (χ4n) is 3.44. The van der Waals surface area contributed by atoms with Crippen LogP contribution in [-0.2, 0) is 11.3 Å². The van der Waals surface area contributed by atoms with Crippen LogP contribution in [0.15, 0.2) is 55.1 Å². The van der Waals surface area contributed by atoms with Gasteiger partial charge in [0.05, 0.1) is 23.2 Å². The topological polar surface area (TPSA) is 69.5 Å². The number of nitrogens with zero attached hydrogens (tertiary/aromatic N) is 4. The van der Waals surface area contributed by atoms with E-state index in [1.807, 2.05) is 48.9 Å². The molecule has 0 N–H and O–H groups in total. The molecule has 0 aliphatic carbocycles. The number of aryl methyl sites for hydroxylation is 2. The number of anilines is 1. The Balaban J connectivity index is 1.50. The maximum Gasteiger partial charge on any atom is 0.266 e. The molecule has 0 saturated heterocycles. The van der Waals surface area contributed by atoms with E-state index in [0.717, 1.165) is 34.5 Å². The van der Waals surface area contributed by atoms with Crippen molar-refractivity contribution in [3.8, 4) is 11.5 Å². The Bertz CT molecular complexity index is 1210. The molecule has 7 nitrogen and oxygen atoms in total. The predicted octanol–water partition coefficient (Wildman–Crippen LogP) is 5.36. The number of thiazole rings is 1. The molecule has 0 fully saturated rings. The van der Waals surface area contributed by atoms with Crippen LogP contribution in [0.4, 0.5) is 5.13 Å². The van der Waals surface area contributed by atoms with Gasteiger partial charge in [0.15, 0.2) is 11.7 Å². The average Bonchev–Trinajstić information content (AvgIpc) is 3.46. The van der Waals surface area contributed by atoms with Crippen molar-refractivity contribution >= 4 is 44.2 Å². The number of rotatable bonds is 10. The monoisotopic (exact) mass is 484 g/mol. The number of aromatic nitrogens is 3. The van der Waals surface area contributed by atoms with Crippen LogP contribution >= 0.6 is 22.9 Å². The van der Waals surface area contributed by atoms with Crippen molar-refractivity contribution in [1.29, 1.82) is 0 Å². The number of carbonyl (C=O) groups is 1. The lowest BCUT2D eigenvalue weighted by atomic mass is 10.2. The highest BCUT2D eigenvalue weighted by atomic mass is 35.5. The fourth-order valence-corrected chi connectivity index (χ4v) is 4.90. The smallest absolute Gasteiger partial charge is 0.266 e. The van der Waals surface area contributed by atoms with E-state index in [-0.39, 0.29) is 12.5 Å².